The number of hydrogen-bond donors (Lipinski definition) is 0. The molecule has 0 aliphatic carbocycles. The second kappa shape index (κ2) is 3.94. The molecular formula is C9H5ClF2N2O. The molecule has 3 nitrogen and oxygen atoms in total. The van der Waals surface area contributed by atoms with Crippen LogP contribution in [0.3, 0.4) is 0 Å². The van der Waals surface area contributed by atoms with Gasteiger partial charge in [-0.3, -0.25) is 0 Å². The van der Waals surface area contributed by atoms with Gasteiger partial charge >= 0.3 is 0 Å². The summed E-state index contributed by atoms with van der Waals surface area (Å²) in [4.78, 5) is 3.78. The highest BCUT2D eigenvalue weighted by molar-refractivity contribution is 6.16. The minimum atomic E-state index is -1.00. The van der Waals surface area contributed by atoms with Gasteiger partial charge in [-0.2, -0.15) is 4.98 Å². The molecule has 78 valence electrons. The van der Waals surface area contributed by atoms with Crippen molar-refractivity contribution in [1.29, 1.82) is 0 Å². The molecule has 0 spiro atoms. The van der Waals surface area contributed by atoms with E-state index in [9.17, 15) is 8.78 Å². The summed E-state index contributed by atoms with van der Waals surface area (Å²) in [7, 11) is 0. The molecule has 0 fully saturated rings. The van der Waals surface area contributed by atoms with Crippen LogP contribution in [0.2, 0.25) is 0 Å². The summed E-state index contributed by atoms with van der Waals surface area (Å²) in [5.74, 6) is -1.77. The minimum Gasteiger partial charge on any atom is -0.338 e. The number of nitrogens with zero attached hydrogens (tertiary/aromatic N) is 2. The quantitative estimate of drug-likeness (QED) is 0.745. The van der Waals surface area contributed by atoms with Crippen molar-refractivity contribution in [2.45, 2.75) is 5.88 Å². The molecule has 0 bridgehead atoms. The topological polar surface area (TPSA) is 38.9 Å². The Balaban J connectivity index is 2.49. The molecule has 1 aromatic heterocycles. The molecule has 1 aromatic carbocycles. The first-order chi connectivity index (χ1) is 7.22. The smallest absolute Gasteiger partial charge is 0.241 e. The van der Waals surface area contributed by atoms with Crippen molar-refractivity contribution in [1.82, 2.24) is 10.1 Å². The molecule has 0 saturated heterocycles. The van der Waals surface area contributed by atoms with Gasteiger partial charge in [0.25, 0.3) is 0 Å². The van der Waals surface area contributed by atoms with Gasteiger partial charge in [-0.25, -0.2) is 8.78 Å². The number of alkyl halides is 1. The molecule has 2 aromatic rings. The Morgan fingerprint density at radius 3 is 2.80 bits per heavy atom. The average Bonchev–Trinajstić information content (AvgIpc) is 2.70. The summed E-state index contributed by atoms with van der Waals surface area (Å²) >= 11 is 5.43. The van der Waals surface area contributed by atoms with Gasteiger partial charge in [0.1, 0.15) is 5.88 Å². The molecule has 15 heavy (non-hydrogen) atoms. The zero-order valence-electron chi connectivity index (χ0n) is 7.38. The van der Waals surface area contributed by atoms with Crippen molar-refractivity contribution in [3.05, 3.63) is 35.7 Å². The first kappa shape index (κ1) is 10.0. The monoisotopic (exact) mass is 230 g/mol. The van der Waals surface area contributed by atoms with Gasteiger partial charge in [-0.15, -0.1) is 11.6 Å². The van der Waals surface area contributed by atoms with Gasteiger partial charge in [0.15, 0.2) is 11.6 Å². The molecule has 0 aliphatic heterocycles. The number of halogens is 3. The van der Waals surface area contributed by atoms with Crippen LogP contribution in [0.15, 0.2) is 22.7 Å². The van der Waals surface area contributed by atoms with Crippen LogP contribution >= 0.6 is 11.6 Å². The molecule has 0 saturated carbocycles. The summed E-state index contributed by atoms with van der Waals surface area (Å²) in [6, 6.07) is 3.74. The maximum atomic E-state index is 13.3. The lowest BCUT2D eigenvalue weighted by Crippen LogP contribution is -1.90. The van der Waals surface area contributed by atoms with Crippen LogP contribution in [-0.4, -0.2) is 10.1 Å². The van der Waals surface area contributed by atoms with E-state index >= 15 is 0 Å². The van der Waals surface area contributed by atoms with E-state index < -0.39 is 11.6 Å². The van der Waals surface area contributed by atoms with E-state index in [-0.39, 0.29) is 23.2 Å². The highest BCUT2D eigenvalue weighted by Crippen LogP contribution is 2.21. The zero-order chi connectivity index (χ0) is 10.8. The molecule has 0 unspecified atom stereocenters. The van der Waals surface area contributed by atoms with E-state index in [0.717, 1.165) is 6.07 Å². The van der Waals surface area contributed by atoms with Crippen molar-refractivity contribution in [3.8, 4) is 11.4 Å². The Hall–Kier alpha value is -1.49. The molecule has 0 aliphatic rings. The molecule has 0 atom stereocenters. The van der Waals surface area contributed by atoms with E-state index in [4.69, 9.17) is 11.6 Å². The molecular weight excluding hydrogens is 226 g/mol. The predicted molar refractivity (Wildman–Crippen MR) is 49.2 cm³/mol. The predicted octanol–water partition coefficient (Wildman–Crippen LogP) is 2.75. The van der Waals surface area contributed by atoms with Crippen LogP contribution < -0.4 is 0 Å². The molecule has 1 heterocycles. The van der Waals surface area contributed by atoms with Crippen LogP contribution in [0.5, 0.6) is 0 Å². The third-order valence-electron chi connectivity index (χ3n) is 1.77. The standard InChI is InChI=1S/C9H5ClF2N2O/c10-4-7-13-9(14-15-7)5-2-1-3-6(11)8(5)12/h1-3H,4H2. The first-order valence-electron chi connectivity index (χ1n) is 4.05. The first-order valence-corrected chi connectivity index (χ1v) is 4.58. The van der Waals surface area contributed by atoms with Crippen LogP contribution in [0.25, 0.3) is 11.4 Å². The molecule has 2 rings (SSSR count). The Kier molecular flexibility index (Phi) is 2.64. The third kappa shape index (κ3) is 1.83. The maximum Gasteiger partial charge on any atom is 0.241 e. The van der Waals surface area contributed by atoms with Crippen molar-refractivity contribution in [2.24, 2.45) is 0 Å². The van der Waals surface area contributed by atoms with Gasteiger partial charge in [0.05, 0.1) is 5.56 Å². The van der Waals surface area contributed by atoms with Crippen LogP contribution in [0, 0.1) is 11.6 Å². The Morgan fingerprint density at radius 2 is 2.13 bits per heavy atom. The summed E-state index contributed by atoms with van der Waals surface area (Å²) in [5.41, 5.74) is -0.0462. The lowest BCUT2D eigenvalue weighted by Gasteiger charge is -1.96. The van der Waals surface area contributed by atoms with Gasteiger partial charge in [0, 0.05) is 0 Å². The number of hydrogen-bond acceptors (Lipinski definition) is 3. The van der Waals surface area contributed by atoms with Gasteiger partial charge in [0.2, 0.25) is 11.7 Å². The molecule has 0 N–H and O–H groups in total. The maximum absolute atomic E-state index is 13.3. The summed E-state index contributed by atoms with van der Waals surface area (Å²) in [5, 5.41) is 3.48. The highest BCUT2D eigenvalue weighted by Gasteiger charge is 2.14. The van der Waals surface area contributed by atoms with Gasteiger partial charge in [-0.05, 0) is 12.1 Å². The Labute approximate surface area is 88.7 Å². The third-order valence-corrected chi connectivity index (χ3v) is 2.00. The van der Waals surface area contributed by atoms with E-state index in [0.29, 0.717) is 0 Å². The van der Waals surface area contributed by atoms with Gasteiger partial charge in [-0.1, -0.05) is 11.2 Å². The fourth-order valence-corrected chi connectivity index (χ4v) is 1.20. The summed E-state index contributed by atoms with van der Waals surface area (Å²) < 4.78 is 30.8. The number of aromatic nitrogens is 2. The summed E-state index contributed by atoms with van der Waals surface area (Å²) in [6.45, 7) is 0. The van der Waals surface area contributed by atoms with Crippen LogP contribution in [-0.2, 0) is 5.88 Å². The fourth-order valence-electron chi connectivity index (χ4n) is 1.10. The fraction of sp³-hybridized carbons (Fsp3) is 0.111. The number of benzene rings is 1. The van der Waals surface area contributed by atoms with Crippen molar-refractivity contribution in [3.63, 3.8) is 0 Å². The SMILES string of the molecule is Fc1cccc(-c2noc(CCl)n2)c1F. The molecule has 6 heteroatoms. The largest absolute Gasteiger partial charge is 0.338 e. The number of rotatable bonds is 2. The van der Waals surface area contributed by atoms with E-state index in [1.54, 1.807) is 0 Å². The highest BCUT2D eigenvalue weighted by atomic mass is 35.5. The van der Waals surface area contributed by atoms with E-state index in [1.807, 2.05) is 0 Å². The van der Waals surface area contributed by atoms with E-state index in [1.165, 1.54) is 12.1 Å². The zero-order valence-corrected chi connectivity index (χ0v) is 8.13. The Bertz CT molecular complexity index is 487. The van der Waals surface area contributed by atoms with Crippen LogP contribution in [0.4, 0.5) is 8.78 Å². The lowest BCUT2D eigenvalue weighted by atomic mass is 10.2. The molecule has 0 amide bonds. The normalized spacial score (nSPS) is 10.6. The second-order valence-electron chi connectivity index (χ2n) is 2.75. The second-order valence-corrected chi connectivity index (χ2v) is 3.01. The average molecular weight is 231 g/mol. The van der Waals surface area contributed by atoms with Crippen LogP contribution in [0.1, 0.15) is 5.89 Å². The minimum absolute atomic E-state index is 0.0114. The Morgan fingerprint density at radius 1 is 1.33 bits per heavy atom. The summed E-state index contributed by atoms with van der Waals surface area (Å²) in [6.07, 6.45) is 0. The molecule has 0 radical (unpaired) electrons. The van der Waals surface area contributed by atoms with Crippen molar-refractivity contribution in [2.75, 3.05) is 0 Å². The van der Waals surface area contributed by atoms with Crippen molar-refractivity contribution >= 4 is 11.6 Å². The lowest BCUT2D eigenvalue weighted by molar-refractivity contribution is 0.390. The van der Waals surface area contributed by atoms with Gasteiger partial charge < -0.3 is 4.52 Å². The van der Waals surface area contributed by atoms with Crippen molar-refractivity contribution < 1.29 is 13.3 Å². The van der Waals surface area contributed by atoms with E-state index in [2.05, 4.69) is 14.7 Å².